The molecule has 8 nitrogen and oxygen atoms in total. The molecule has 0 aromatic heterocycles. The van der Waals surface area contributed by atoms with Gasteiger partial charge in [-0.15, -0.1) is 0 Å². The van der Waals surface area contributed by atoms with E-state index in [1.807, 2.05) is 0 Å². The summed E-state index contributed by atoms with van der Waals surface area (Å²) in [5.41, 5.74) is 5.42. The number of nitrogens with two attached hydrogens (primary N) is 1. The zero-order valence-electron chi connectivity index (χ0n) is 10.6. The normalized spacial score (nSPS) is 14.2. The summed E-state index contributed by atoms with van der Waals surface area (Å²) in [6, 6.07) is 6.09. The molecule has 0 saturated carbocycles. The number of halogens is 1. The fourth-order valence-corrected chi connectivity index (χ4v) is 3.67. The van der Waals surface area contributed by atoms with Crippen LogP contribution in [0.3, 0.4) is 0 Å². The fraction of sp³-hybridized carbons (Fsp3) is 0.273. The van der Waals surface area contributed by atoms with Crippen molar-refractivity contribution in [3.05, 3.63) is 30.3 Å². The van der Waals surface area contributed by atoms with E-state index < -0.39 is 39.7 Å². The quantitative estimate of drug-likeness (QED) is 0.581. The number of rotatable bonds is 7. The second-order valence-corrected chi connectivity index (χ2v) is 7.25. The molecule has 1 rings (SSSR count). The van der Waals surface area contributed by atoms with Gasteiger partial charge in [0.15, 0.2) is 5.25 Å². The molecule has 0 aliphatic heterocycles. The summed E-state index contributed by atoms with van der Waals surface area (Å²) in [5, 5.41) is 15.8. The van der Waals surface area contributed by atoms with E-state index in [0.717, 1.165) is 0 Å². The Morgan fingerprint density at radius 1 is 1.19 bits per heavy atom. The van der Waals surface area contributed by atoms with Crippen molar-refractivity contribution in [2.45, 2.75) is 17.7 Å². The highest BCUT2D eigenvalue weighted by molar-refractivity contribution is 9.11. The number of carbonyl (C=O) groups is 2. The van der Waals surface area contributed by atoms with Crippen LogP contribution in [0.4, 0.5) is 5.69 Å². The molecule has 1 aromatic carbocycles. The molecule has 0 radical (unpaired) electrons. The maximum atomic E-state index is 12.3. The molecule has 0 saturated heterocycles. The topological polar surface area (TPSA) is 138 Å². The van der Waals surface area contributed by atoms with E-state index in [9.17, 15) is 18.0 Å². The van der Waals surface area contributed by atoms with Crippen LogP contribution in [0.2, 0.25) is 0 Å². The average Bonchev–Trinajstić information content (AvgIpc) is 2.43. The maximum absolute atomic E-state index is 12.3. The molecule has 0 aliphatic rings. The van der Waals surface area contributed by atoms with Gasteiger partial charge in [-0.05, 0) is 12.1 Å². The lowest BCUT2D eigenvalue weighted by atomic mass is 10.2. The zero-order valence-corrected chi connectivity index (χ0v) is 13.0. The summed E-state index contributed by atoms with van der Waals surface area (Å²) in [4.78, 5) is 21.9. The maximum Gasteiger partial charge on any atom is 0.323 e. The van der Waals surface area contributed by atoms with Gasteiger partial charge in [-0.25, -0.2) is 11.7 Å². The number of sulfonamides is 1. The highest BCUT2D eigenvalue weighted by Crippen LogP contribution is 2.26. The molecule has 1 unspecified atom stereocenters. The number of carboxylic acids is 2. The van der Waals surface area contributed by atoms with Gasteiger partial charge in [-0.1, -0.05) is 18.2 Å². The molecule has 1 aromatic rings. The van der Waals surface area contributed by atoms with E-state index in [0.29, 0.717) is 3.33 Å². The van der Waals surface area contributed by atoms with Crippen LogP contribution >= 0.6 is 16.1 Å². The summed E-state index contributed by atoms with van der Waals surface area (Å²) in [7, 11) is -4.37. The number of para-hydroxylation sites is 1. The Morgan fingerprint density at radius 3 is 2.14 bits per heavy atom. The number of hydrogen-bond donors (Lipinski definition) is 3. The molecule has 10 heteroatoms. The van der Waals surface area contributed by atoms with Crippen molar-refractivity contribution in [2.75, 3.05) is 3.33 Å². The Labute approximate surface area is 129 Å². The first-order valence-corrected chi connectivity index (χ1v) is 7.85. The molecule has 0 spiro atoms. The van der Waals surface area contributed by atoms with Crippen molar-refractivity contribution >= 4 is 43.8 Å². The Morgan fingerprint density at radius 2 is 1.71 bits per heavy atom. The SMILES string of the molecule is N[C@@H](CC(C(=O)O)S(=O)(=O)N(Br)c1ccccc1)C(=O)O. The van der Waals surface area contributed by atoms with Gasteiger partial charge in [0, 0.05) is 6.42 Å². The van der Waals surface area contributed by atoms with Gasteiger partial charge in [0.1, 0.15) is 6.04 Å². The van der Waals surface area contributed by atoms with Crippen molar-refractivity contribution in [3.8, 4) is 0 Å². The molecule has 0 bridgehead atoms. The largest absolute Gasteiger partial charge is 0.480 e. The summed E-state index contributed by atoms with van der Waals surface area (Å²) in [6.45, 7) is 0. The van der Waals surface area contributed by atoms with Crippen LogP contribution in [0.25, 0.3) is 0 Å². The number of anilines is 1. The monoisotopic (exact) mass is 380 g/mol. The minimum Gasteiger partial charge on any atom is -0.480 e. The number of nitrogens with zero attached hydrogens (tertiary/aromatic N) is 1. The van der Waals surface area contributed by atoms with Crippen molar-refractivity contribution < 1.29 is 28.2 Å². The van der Waals surface area contributed by atoms with Gasteiger partial charge >= 0.3 is 11.9 Å². The average molecular weight is 381 g/mol. The number of hydrogen-bond acceptors (Lipinski definition) is 5. The minimum absolute atomic E-state index is 0.188. The van der Waals surface area contributed by atoms with Crippen LogP contribution in [0.1, 0.15) is 6.42 Å². The first-order chi connectivity index (χ1) is 9.67. The Balaban J connectivity index is 3.11. The summed E-state index contributed by atoms with van der Waals surface area (Å²) >= 11 is 2.80. The number of benzene rings is 1. The van der Waals surface area contributed by atoms with E-state index in [2.05, 4.69) is 16.1 Å². The lowest BCUT2D eigenvalue weighted by molar-refractivity contribution is -0.139. The first kappa shape index (κ1) is 17.4. The van der Waals surface area contributed by atoms with Gasteiger partial charge < -0.3 is 15.9 Å². The van der Waals surface area contributed by atoms with Gasteiger partial charge in [0.05, 0.1) is 21.8 Å². The Hall–Kier alpha value is -1.65. The molecule has 0 fully saturated rings. The highest BCUT2D eigenvalue weighted by Gasteiger charge is 2.39. The van der Waals surface area contributed by atoms with Gasteiger partial charge in [-0.3, -0.25) is 9.59 Å². The van der Waals surface area contributed by atoms with Crippen LogP contribution in [0.15, 0.2) is 30.3 Å². The van der Waals surface area contributed by atoms with E-state index in [1.165, 1.54) is 12.1 Å². The van der Waals surface area contributed by atoms with Crippen molar-refractivity contribution in [2.24, 2.45) is 5.73 Å². The second kappa shape index (κ2) is 6.87. The Bertz CT molecular complexity index is 621. The smallest absolute Gasteiger partial charge is 0.323 e. The minimum atomic E-state index is -4.37. The molecule has 4 N–H and O–H groups in total. The third-order valence-electron chi connectivity index (χ3n) is 2.60. The van der Waals surface area contributed by atoms with E-state index >= 15 is 0 Å². The lowest BCUT2D eigenvalue weighted by Gasteiger charge is -2.22. The van der Waals surface area contributed by atoms with Crippen molar-refractivity contribution in [1.82, 2.24) is 0 Å². The van der Waals surface area contributed by atoms with Gasteiger partial charge in [0.25, 0.3) is 10.0 Å². The predicted molar refractivity (Wildman–Crippen MR) is 78.4 cm³/mol. The van der Waals surface area contributed by atoms with Crippen LogP contribution in [0, 0.1) is 0 Å². The van der Waals surface area contributed by atoms with Crippen LogP contribution < -0.4 is 9.06 Å². The summed E-state index contributed by atoms with van der Waals surface area (Å²) in [5.74, 6) is -3.15. The van der Waals surface area contributed by atoms with Crippen molar-refractivity contribution in [1.29, 1.82) is 0 Å². The molecule has 0 amide bonds. The number of carboxylic acid groups (broad SMARTS) is 2. The zero-order chi connectivity index (χ0) is 16.2. The third kappa shape index (κ3) is 4.16. The van der Waals surface area contributed by atoms with E-state index in [4.69, 9.17) is 15.9 Å². The first-order valence-electron chi connectivity index (χ1n) is 5.64. The third-order valence-corrected chi connectivity index (χ3v) is 5.99. The fourth-order valence-electron chi connectivity index (χ4n) is 1.49. The summed E-state index contributed by atoms with van der Waals surface area (Å²) in [6.07, 6.45) is -0.748. The molecule has 0 aliphatic carbocycles. The van der Waals surface area contributed by atoms with Crippen LogP contribution in [0.5, 0.6) is 0 Å². The summed E-state index contributed by atoms with van der Waals surface area (Å²) < 4.78 is 25.2. The predicted octanol–water partition coefficient (Wildman–Crippen LogP) is 0.388. The van der Waals surface area contributed by atoms with Crippen LogP contribution in [-0.2, 0) is 19.6 Å². The molecule has 0 heterocycles. The van der Waals surface area contributed by atoms with E-state index in [1.54, 1.807) is 18.2 Å². The highest BCUT2D eigenvalue weighted by atomic mass is 79.9. The molecular weight excluding hydrogens is 368 g/mol. The molecule has 21 heavy (non-hydrogen) atoms. The van der Waals surface area contributed by atoms with Gasteiger partial charge in [0.2, 0.25) is 0 Å². The van der Waals surface area contributed by atoms with Crippen LogP contribution in [-0.4, -0.2) is 41.9 Å². The molecule has 2 atom stereocenters. The number of aliphatic carboxylic acids is 2. The van der Waals surface area contributed by atoms with Gasteiger partial charge in [-0.2, -0.15) is 0 Å². The molecular formula is C11H13BrN2O6S. The van der Waals surface area contributed by atoms with Crippen molar-refractivity contribution in [3.63, 3.8) is 0 Å². The van der Waals surface area contributed by atoms with E-state index in [-0.39, 0.29) is 5.69 Å². The Kier molecular flexibility index (Phi) is 5.70. The lowest BCUT2D eigenvalue weighted by Crippen LogP contribution is -2.44. The second-order valence-electron chi connectivity index (χ2n) is 4.10. The standard InChI is InChI=1S/C11H13BrN2O6S/c12-14(7-4-2-1-3-5-7)21(19,20)9(11(17)18)6-8(13)10(15)16/h1-5,8-9H,6,13H2,(H,15,16)(H,17,18)/t8-,9?/m0/s1. The molecule has 116 valence electrons.